The molecular weight excluding hydrogens is 544 g/mol. The van der Waals surface area contributed by atoms with E-state index in [4.69, 9.17) is 23.4 Å². The molecule has 0 aromatic heterocycles. The van der Waals surface area contributed by atoms with Gasteiger partial charge in [-0.2, -0.15) is 0 Å². The Kier molecular flexibility index (Phi) is 13.2. The minimum atomic E-state index is -2.13. The van der Waals surface area contributed by atoms with Crippen LogP contribution in [0.4, 0.5) is 0 Å². The van der Waals surface area contributed by atoms with Crippen LogP contribution in [0.2, 0.25) is 18.1 Å². The summed E-state index contributed by atoms with van der Waals surface area (Å²) in [4.78, 5) is 12.2. The molecule has 0 bridgehead atoms. The van der Waals surface area contributed by atoms with Gasteiger partial charge >= 0.3 is 5.97 Å². The fraction of sp³-hybridized carbons (Fsp3) is 0.400. The number of hydrogen-bond acceptors (Lipinski definition) is 6. The average Bonchev–Trinajstić information content (AvgIpc) is 2.99. The maximum Gasteiger partial charge on any atom is 0.330 e. The topological polar surface area (TPSA) is 63.2 Å². The van der Waals surface area contributed by atoms with Crippen LogP contribution in [0, 0.1) is 0 Å². The maximum absolute atomic E-state index is 12.2. The van der Waals surface area contributed by atoms with Crippen LogP contribution in [-0.2, 0) is 48.0 Å². The number of benzene rings is 3. The molecule has 0 heterocycles. The Morgan fingerprint density at radius 1 is 0.738 bits per heavy atom. The fourth-order valence-electron chi connectivity index (χ4n) is 3.97. The number of ether oxygens (including phenoxy) is 4. The molecule has 0 saturated heterocycles. The molecule has 0 saturated carbocycles. The highest BCUT2D eigenvalue weighted by Crippen LogP contribution is 2.37. The van der Waals surface area contributed by atoms with Gasteiger partial charge in [0.1, 0.15) is 18.3 Å². The lowest BCUT2D eigenvalue weighted by atomic mass is 10.1. The summed E-state index contributed by atoms with van der Waals surface area (Å²) >= 11 is 0. The van der Waals surface area contributed by atoms with E-state index < -0.39 is 32.6 Å². The van der Waals surface area contributed by atoms with Crippen LogP contribution in [0.25, 0.3) is 0 Å². The van der Waals surface area contributed by atoms with Crippen molar-refractivity contribution in [2.24, 2.45) is 0 Å². The lowest BCUT2D eigenvalue weighted by Gasteiger charge is -2.39. The molecule has 3 aromatic carbocycles. The summed E-state index contributed by atoms with van der Waals surface area (Å²) in [5.74, 6) is -0.468. The van der Waals surface area contributed by atoms with Gasteiger partial charge in [-0.15, -0.1) is 0 Å². The first-order valence-electron chi connectivity index (χ1n) is 14.5. The van der Waals surface area contributed by atoms with Crippen molar-refractivity contribution >= 4 is 14.3 Å². The molecule has 3 rings (SSSR count). The summed E-state index contributed by atoms with van der Waals surface area (Å²) in [6.45, 7) is 12.5. The summed E-state index contributed by atoms with van der Waals surface area (Å²) in [6, 6.07) is 30.0. The van der Waals surface area contributed by atoms with Crippen molar-refractivity contribution in [2.75, 3.05) is 13.7 Å². The molecule has 0 unspecified atom stereocenters. The van der Waals surface area contributed by atoms with Gasteiger partial charge in [0.2, 0.25) is 0 Å². The van der Waals surface area contributed by atoms with E-state index in [1.807, 2.05) is 91.0 Å². The van der Waals surface area contributed by atoms with Crippen LogP contribution in [0.3, 0.4) is 0 Å². The second kappa shape index (κ2) is 16.5. The summed E-state index contributed by atoms with van der Waals surface area (Å²) in [7, 11) is -0.769. The van der Waals surface area contributed by atoms with Gasteiger partial charge in [-0.1, -0.05) is 112 Å². The van der Waals surface area contributed by atoms with Gasteiger partial charge in [-0.3, -0.25) is 0 Å². The number of rotatable bonds is 16. The van der Waals surface area contributed by atoms with Gasteiger partial charge in [0.15, 0.2) is 8.32 Å². The highest BCUT2D eigenvalue weighted by Gasteiger charge is 2.40. The van der Waals surface area contributed by atoms with E-state index in [2.05, 4.69) is 33.9 Å². The predicted octanol–water partition coefficient (Wildman–Crippen LogP) is 7.49. The normalized spacial score (nSPS) is 14.4. The van der Waals surface area contributed by atoms with Crippen molar-refractivity contribution < 1.29 is 28.2 Å². The smallest absolute Gasteiger partial charge is 0.330 e. The summed E-state index contributed by atoms with van der Waals surface area (Å²) in [5, 5.41) is 0.0192. The van der Waals surface area contributed by atoms with E-state index in [-0.39, 0.29) is 5.04 Å². The molecule has 0 radical (unpaired) electrons. The Morgan fingerprint density at radius 3 is 1.64 bits per heavy atom. The van der Waals surface area contributed by atoms with Gasteiger partial charge < -0.3 is 23.4 Å². The molecule has 0 fully saturated rings. The van der Waals surface area contributed by atoms with Crippen molar-refractivity contribution in [1.29, 1.82) is 0 Å². The first kappa shape index (κ1) is 33.4. The van der Waals surface area contributed by atoms with Crippen LogP contribution in [0.5, 0.6) is 0 Å². The van der Waals surface area contributed by atoms with Crippen LogP contribution >= 0.6 is 0 Å². The first-order valence-corrected chi connectivity index (χ1v) is 17.4. The van der Waals surface area contributed by atoms with E-state index in [1.54, 1.807) is 6.08 Å². The monoisotopic (exact) mass is 590 g/mol. The third-order valence-electron chi connectivity index (χ3n) is 7.61. The van der Waals surface area contributed by atoms with E-state index in [0.29, 0.717) is 26.4 Å². The molecule has 0 aliphatic heterocycles. The second-order valence-corrected chi connectivity index (χ2v) is 16.6. The van der Waals surface area contributed by atoms with Crippen LogP contribution < -0.4 is 0 Å². The number of esters is 1. The van der Waals surface area contributed by atoms with Crippen molar-refractivity contribution in [3.8, 4) is 0 Å². The van der Waals surface area contributed by atoms with Gasteiger partial charge in [-0.05, 0) is 40.9 Å². The minimum Gasteiger partial charge on any atom is -0.466 e. The Balaban J connectivity index is 1.97. The largest absolute Gasteiger partial charge is 0.466 e. The van der Waals surface area contributed by atoms with Gasteiger partial charge in [0, 0.05) is 6.08 Å². The zero-order valence-corrected chi connectivity index (χ0v) is 26.8. The highest BCUT2D eigenvalue weighted by molar-refractivity contribution is 6.74. The Bertz CT molecular complexity index is 1210. The number of carbonyl (C=O) groups excluding carboxylic acids is 1. The van der Waals surface area contributed by atoms with E-state index in [9.17, 15) is 4.79 Å². The fourth-order valence-corrected chi connectivity index (χ4v) is 4.98. The highest BCUT2D eigenvalue weighted by atomic mass is 28.4. The molecule has 6 nitrogen and oxygen atoms in total. The summed E-state index contributed by atoms with van der Waals surface area (Å²) < 4.78 is 31.3. The molecule has 0 spiro atoms. The van der Waals surface area contributed by atoms with Crippen molar-refractivity contribution in [3.05, 3.63) is 120 Å². The third kappa shape index (κ3) is 11.0. The minimum absolute atomic E-state index is 0.0192. The molecule has 226 valence electrons. The van der Waals surface area contributed by atoms with Gasteiger partial charge in [0.05, 0.1) is 33.5 Å². The van der Waals surface area contributed by atoms with E-state index in [0.717, 1.165) is 16.7 Å². The molecule has 3 atom stereocenters. The SMILES string of the molecule is COC(=O)/C=C/[C@H](OCc1ccccc1)[C@@H](OCc1ccccc1)[C@@H](CO[Si](C)(C)C(C)(C)C)OCc1ccccc1. The van der Waals surface area contributed by atoms with E-state index in [1.165, 1.54) is 13.2 Å². The Morgan fingerprint density at radius 2 is 1.19 bits per heavy atom. The zero-order valence-electron chi connectivity index (χ0n) is 25.8. The Labute approximate surface area is 252 Å². The average molecular weight is 591 g/mol. The summed E-state index contributed by atoms with van der Waals surface area (Å²) in [6.07, 6.45) is 1.37. The lowest BCUT2D eigenvalue weighted by molar-refractivity contribution is -0.148. The second-order valence-electron chi connectivity index (χ2n) is 11.8. The molecule has 0 N–H and O–H groups in total. The zero-order chi connectivity index (χ0) is 30.4. The first-order chi connectivity index (χ1) is 20.1. The molecule has 0 amide bonds. The molecule has 7 heteroatoms. The Hall–Kier alpha value is -3.07. The maximum atomic E-state index is 12.2. The van der Waals surface area contributed by atoms with Gasteiger partial charge in [-0.25, -0.2) is 4.79 Å². The van der Waals surface area contributed by atoms with Crippen LogP contribution in [0.15, 0.2) is 103 Å². The molecule has 0 aliphatic rings. The third-order valence-corrected chi connectivity index (χ3v) is 12.1. The van der Waals surface area contributed by atoms with Crippen molar-refractivity contribution in [2.45, 2.75) is 77.0 Å². The molecule has 3 aromatic rings. The number of hydrogen-bond donors (Lipinski definition) is 0. The van der Waals surface area contributed by atoms with Crippen molar-refractivity contribution in [3.63, 3.8) is 0 Å². The molecule has 0 aliphatic carbocycles. The van der Waals surface area contributed by atoms with E-state index >= 15 is 0 Å². The number of carbonyl (C=O) groups is 1. The quantitative estimate of drug-likeness (QED) is 0.0978. The number of methoxy groups -OCH3 is 1. The molecule has 42 heavy (non-hydrogen) atoms. The van der Waals surface area contributed by atoms with Crippen LogP contribution in [0.1, 0.15) is 37.5 Å². The van der Waals surface area contributed by atoms with Crippen LogP contribution in [-0.4, -0.2) is 46.3 Å². The van der Waals surface area contributed by atoms with Crippen molar-refractivity contribution in [1.82, 2.24) is 0 Å². The summed E-state index contributed by atoms with van der Waals surface area (Å²) in [5.41, 5.74) is 3.08. The predicted molar refractivity (Wildman–Crippen MR) is 169 cm³/mol. The standard InChI is InChI=1S/C35H46O6Si/c1-35(2,3)42(5,6)41-27-32(39-25-29-18-12-8-13-19-29)34(40-26-30-20-14-9-15-21-30)31(22-23-33(36)37-4)38-24-28-16-10-7-11-17-28/h7-23,31-32,34H,24-27H2,1-6H3/b23-22+/t31-,32+,34+/m0/s1. The lowest BCUT2D eigenvalue weighted by Crippen LogP contribution is -2.48. The van der Waals surface area contributed by atoms with Gasteiger partial charge in [0.25, 0.3) is 0 Å². The molecular formula is C35H46O6Si.